The molecule has 0 aliphatic carbocycles. The quantitative estimate of drug-likeness (QED) is 0.752. The van der Waals surface area contributed by atoms with Crippen molar-refractivity contribution >= 4 is 39.8 Å². The number of benzene rings is 1. The first-order valence-electron chi connectivity index (χ1n) is 5.89. The Balaban J connectivity index is 2.25. The Labute approximate surface area is 125 Å². The number of rotatable bonds is 3. The lowest BCUT2D eigenvalue weighted by Gasteiger charge is -2.07. The van der Waals surface area contributed by atoms with E-state index >= 15 is 0 Å². The molecule has 2 heterocycles. The van der Waals surface area contributed by atoms with Gasteiger partial charge in [0.05, 0.1) is 22.4 Å². The average Bonchev–Trinajstić information content (AvgIpc) is 2.77. The molecular formula is C13H10ClN5S. The van der Waals surface area contributed by atoms with E-state index in [4.69, 9.17) is 29.6 Å². The Hall–Kier alpha value is -2.05. The fourth-order valence-corrected chi connectivity index (χ4v) is 2.26. The van der Waals surface area contributed by atoms with Crippen LogP contribution in [0.2, 0.25) is 5.15 Å². The minimum Gasteiger partial charge on any atom is -0.393 e. The molecule has 0 saturated carbocycles. The van der Waals surface area contributed by atoms with E-state index in [-0.39, 0.29) is 0 Å². The third-order valence-corrected chi connectivity index (χ3v) is 3.16. The summed E-state index contributed by atoms with van der Waals surface area (Å²) < 4.78 is 1.89. The smallest absolute Gasteiger partial charge is 0.161 e. The summed E-state index contributed by atoms with van der Waals surface area (Å²) >= 11 is 10.8. The van der Waals surface area contributed by atoms with Crippen LogP contribution in [-0.2, 0) is 6.42 Å². The van der Waals surface area contributed by atoms with E-state index in [1.165, 1.54) is 0 Å². The van der Waals surface area contributed by atoms with Crippen molar-refractivity contribution in [3.63, 3.8) is 0 Å². The molecule has 3 aromatic rings. The van der Waals surface area contributed by atoms with Crippen molar-refractivity contribution in [3.05, 3.63) is 47.4 Å². The number of nitrogens with two attached hydrogens (primary N) is 1. The second-order valence-electron chi connectivity index (χ2n) is 4.21. The normalized spacial score (nSPS) is 10.8. The number of para-hydroxylation sites is 2. The summed E-state index contributed by atoms with van der Waals surface area (Å²) in [5.74, 6) is 1.37. The summed E-state index contributed by atoms with van der Waals surface area (Å²) in [5, 5.41) is 8.30. The van der Waals surface area contributed by atoms with Gasteiger partial charge in [0.2, 0.25) is 0 Å². The molecule has 0 atom stereocenters. The van der Waals surface area contributed by atoms with Crippen molar-refractivity contribution < 1.29 is 0 Å². The van der Waals surface area contributed by atoms with Crippen LogP contribution in [0.3, 0.4) is 0 Å². The zero-order valence-corrected chi connectivity index (χ0v) is 11.9. The Morgan fingerprint density at radius 2 is 2.00 bits per heavy atom. The van der Waals surface area contributed by atoms with Crippen LogP contribution in [0.1, 0.15) is 5.82 Å². The third-order valence-electron chi connectivity index (χ3n) is 2.81. The van der Waals surface area contributed by atoms with E-state index < -0.39 is 0 Å². The first kappa shape index (κ1) is 13.0. The molecule has 0 saturated heterocycles. The van der Waals surface area contributed by atoms with Gasteiger partial charge in [-0.05, 0) is 24.3 Å². The van der Waals surface area contributed by atoms with Gasteiger partial charge in [-0.2, -0.15) is 0 Å². The standard InChI is InChI=1S/C13H10ClN5S/c14-10-5-6-12(18-17-10)19-9-4-2-1-3-8(9)16-13(19)7-11(15)20/h1-6H,7H2,(H2,15,20). The van der Waals surface area contributed by atoms with E-state index in [0.29, 0.717) is 22.4 Å². The molecule has 5 nitrogen and oxygen atoms in total. The lowest BCUT2D eigenvalue weighted by atomic mass is 10.3. The maximum Gasteiger partial charge on any atom is 0.161 e. The van der Waals surface area contributed by atoms with Crippen LogP contribution in [0.25, 0.3) is 16.9 Å². The minimum absolute atomic E-state index is 0.342. The van der Waals surface area contributed by atoms with E-state index in [1.807, 2.05) is 28.8 Å². The highest BCUT2D eigenvalue weighted by molar-refractivity contribution is 7.80. The summed E-state index contributed by atoms with van der Waals surface area (Å²) in [6, 6.07) is 11.2. The van der Waals surface area contributed by atoms with Gasteiger partial charge in [-0.3, -0.25) is 4.57 Å². The molecule has 0 radical (unpaired) electrons. The van der Waals surface area contributed by atoms with Crippen LogP contribution >= 0.6 is 23.8 Å². The number of hydrogen-bond donors (Lipinski definition) is 1. The largest absolute Gasteiger partial charge is 0.393 e. The molecular weight excluding hydrogens is 294 g/mol. The van der Waals surface area contributed by atoms with Gasteiger partial charge >= 0.3 is 0 Å². The predicted octanol–water partition coefficient (Wildman–Crippen LogP) is 2.30. The number of aromatic nitrogens is 4. The van der Waals surface area contributed by atoms with Gasteiger partial charge < -0.3 is 5.73 Å². The van der Waals surface area contributed by atoms with Gasteiger partial charge in [0, 0.05) is 0 Å². The number of halogens is 1. The molecule has 0 aliphatic rings. The summed E-state index contributed by atoms with van der Waals surface area (Å²) in [4.78, 5) is 4.92. The summed E-state index contributed by atoms with van der Waals surface area (Å²) in [7, 11) is 0. The van der Waals surface area contributed by atoms with Crippen molar-refractivity contribution in [2.24, 2.45) is 5.73 Å². The average molecular weight is 304 g/mol. The topological polar surface area (TPSA) is 69.6 Å². The molecule has 3 rings (SSSR count). The zero-order chi connectivity index (χ0) is 14.1. The number of thiocarbonyl (C=S) groups is 1. The van der Waals surface area contributed by atoms with Crippen LogP contribution < -0.4 is 5.73 Å². The number of imidazole rings is 1. The molecule has 100 valence electrons. The molecule has 0 amide bonds. The highest BCUT2D eigenvalue weighted by Crippen LogP contribution is 2.20. The highest BCUT2D eigenvalue weighted by Gasteiger charge is 2.14. The Bertz CT molecular complexity index is 781. The van der Waals surface area contributed by atoms with Crippen molar-refractivity contribution in [1.82, 2.24) is 19.7 Å². The van der Waals surface area contributed by atoms with E-state index in [9.17, 15) is 0 Å². The van der Waals surface area contributed by atoms with Gasteiger partial charge in [0.25, 0.3) is 0 Å². The minimum atomic E-state index is 0.342. The lowest BCUT2D eigenvalue weighted by Crippen LogP contribution is -2.15. The molecule has 0 spiro atoms. The van der Waals surface area contributed by atoms with Crippen LogP contribution in [0, 0.1) is 0 Å². The molecule has 7 heteroatoms. The predicted molar refractivity (Wildman–Crippen MR) is 82.2 cm³/mol. The molecule has 0 bridgehead atoms. The number of hydrogen-bond acceptors (Lipinski definition) is 4. The van der Waals surface area contributed by atoms with Gasteiger partial charge in [-0.15, -0.1) is 10.2 Å². The molecule has 2 N–H and O–H groups in total. The van der Waals surface area contributed by atoms with Crippen LogP contribution in [0.4, 0.5) is 0 Å². The fourth-order valence-electron chi connectivity index (χ4n) is 2.03. The first-order valence-corrected chi connectivity index (χ1v) is 6.68. The second kappa shape index (κ2) is 5.15. The van der Waals surface area contributed by atoms with Crippen molar-refractivity contribution in [2.45, 2.75) is 6.42 Å². The lowest BCUT2D eigenvalue weighted by molar-refractivity contribution is 0.883. The van der Waals surface area contributed by atoms with Gasteiger partial charge in [0.15, 0.2) is 11.0 Å². The van der Waals surface area contributed by atoms with Crippen LogP contribution in [-0.4, -0.2) is 24.7 Å². The van der Waals surface area contributed by atoms with Crippen molar-refractivity contribution in [3.8, 4) is 5.82 Å². The number of fused-ring (bicyclic) bond motifs is 1. The van der Waals surface area contributed by atoms with Gasteiger partial charge in [-0.25, -0.2) is 4.98 Å². The van der Waals surface area contributed by atoms with E-state index in [1.54, 1.807) is 12.1 Å². The maximum atomic E-state index is 5.78. The highest BCUT2D eigenvalue weighted by atomic mass is 35.5. The van der Waals surface area contributed by atoms with Crippen LogP contribution in [0.5, 0.6) is 0 Å². The number of nitrogens with zero attached hydrogens (tertiary/aromatic N) is 4. The fraction of sp³-hybridized carbons (Fsp3) is 0.0769. The van der Waals surface area contributed by atoms with E-state index in [0.717, 1.165) is 16.9 Å². The SMILES string of the molecule is NC(=S)Cc1nc2ccccc2n1-c1ccc(Cl)nn1. The molecule has 0 unspecified atom stereocenters. The molecule has 1 aromatic carbocycles. The van der Waals surface area contributed by atoms with Crippen molar-refractivity contribution in [1.29, 1.82) is 0 Å². The maximum absolute atomic E-state index is 5.78. The monoisotopic (exact) mass is 303 g/mol. The summed E-state index contributed by atoms with van der Waals surface area (Å²) in [6.45, 7) is 0. The Morgan fingerprint density at radius 3 is 2.70 bits per heavy atom. The first-order chi connectivity index (χ1) is 9.65. The Kier molecular flexibility index (Phi) is 3.33. The zero-order valence-electron chi connectivity index (χ0n) is 10.3. The molecule has 20 heavy (non-hydrogen) atoms. The third kappa shape index (κ3) is 2.35. The molecule has 2 aromatic heterocycles. The van der Waals surface area contributed by atoms with Crippen LogP contribution in [0.15, 0.2) is 36.4 Å². The summed E-state index contributed by atoms with van der Waals surface area (Å²) in [5.41, 5.74) is 7.42. The summed E-state index contributed by atoms with van der Waals surface area (Å²) in [6.07, 6.45) is 0.397. The van der Waals surface area contributed by atoms with Gasteiger partial charge in [0.1, 0.15) is 5.82 Å². The van der Waals surface area contributed by atoms with Crippen molar-refractivity contribution in [2.75, 3.05) is 0 Å². The van der Waals surface area contributed by atoms with E-state index in [2.05, 4.69) is 15.2 Å². The molecule has 0 fully saturated rings. The molecule has 0 aliphatic heterocycles. The van der Waals surface area contributed by atoms with Gasteiger partial charge in [-0.1, -0.05) is 36.0 Å². The Morgan fingerprint density at radius 1 is 1.20 bits per heavy atom. The second-order valence-corrected chi connectivity index (χ2v) is 5.12.